The molecule has 0 fully saturated rings. The maximum Gasteiger partial charge on any atom is 0.253 e. The molecule has 0 aliphatic rings. The Morgan fingerprint density at radius 3 is 2.67 bits per heavy atom. The summed E-state index contributed by atoms with van der Waals surface area (Å²) in [6, 6.07) is 3.50. The molecule has 1 amide bonds. The Balaban J connectivity index is 0.00000264. The van der Waals surface area contributed by atoms with E-state index in [0.717, 1.165) is 6.42 Å². The SMILES string of the molecule is CC(C)C(N)CCN(C)C(=O)c1ccnc(-n2cncn2)c1.Cl.Cl. The second-order valence-electron chi connectivity index (χ2n) is 5.67. The Kier molecular flexibility index (Phi) is 9.50. The van der Waals surface area contributed by atoms with E-state index in [-0.39, 0.29) is 36.8 Å². The fourth-order valence-electron chi connectivity index (χ4n) is 2.00. The Hall–Kier alpha value is -1.70. The van der Waals surface area contributed by atoms with Crippen LogP contribution in [-0.4, -0.2) is 50.2 Å². The Labute approximate surface area is 154 Å². The molecule has 2 N–H and O–H groups in total. The third-order valence-corrected chi connectivity index (χ3v) is 3.65. The van der Waals surface area contributed by atoms with Crippen molar-refractivity contribution in [2.75, 3.05) is 13.6 Å². The molecule has 0 spiro atoms. The lowest BCUT2D eigenvalue weighted by molar-refractivity contribution is 0.0789. The molecule has 0 saturated heterocycles. The maximum atomic E-state index is 12.5. The third-order valence-electron chi connectivity index (χ3n) is 3.65. The van der Waals surface area contributed by atoms with Crippen molar-refractivity contribution >= 4 is 30.7 Å². The first-order valence-corrected chi connectivity index (χ1v) is 7.31. The molecule has 9 heteroatoms. The van der Waals surface area contributed by atoms with Crippen LogP contribution in [-0.2, 0) is 0 Å². The standard InChI is InChI=1S/C15H22N6O.2ClH/c1-11(2)13(16)5-7-20(3)15(22)12-4-6-18-14(8-12)21-10-17-9-19-21;;/h4,6,8-11,13H,5,7,16H2,1-3H3;2*1H. The number of amides is 1. The lowest BCUT2D eigenvalue weighted by Crippen LogP contribution is -2.34. The largest absolute Gasteiger partial charge is 0.342 e. The lowest BCUT2D eigenvalue weighted by Gasteiger charge is -2.21. The van der Waals surface area contributed by atoms with Crippen molar-refractivity contribution in [2.45, 2.75) is 26.3 Å². The van der Waals surface area contributed by atoms with Crippen LogP contribution in [0.1, 0.15) is 30.6 Å². The summed E-state index contributed by atoms with van der Waals surface area (Å²) in [6.45, 7) is 4.79. The maximum absolute atomic E-state index is 12.5. The molecule has 0 aliphatic heterocycles. The van der Waals surface area contributed by atoms with Gasteiger partial charge in [0.05, 0.1) is 0 Å². The van der Waals surface area contributed by atoms with Crippen LogP contribution in [0.15, 0.2) is 31.0 Å². The highest BCUT2D eigenvalue weighted by Gasteiger charge is 2.15. The van der Waals surface area contributed by atoms with Gasteiger partial charge in [-0.3, -0.25) is 4.79 Å². The molecule has 0 aromatic carbocycles. The van der Waals surface area contributed by atoms with Crippen LogP contribution in [0.25, 0.3) is 5.82 Å². The fraction of sp³-hybridized carbons (Fsp3) is 0.467. The third kappa shape index (κ3) is 5.74. The van der Waals surface area contributed by atoms with Crippen LogP contribution in [0, 0.1) is 5.92 Å². The van der Waals surface area contributed by atoms with Gasteiger partial charge in [-0.1, -0.05) is 13.8 Å². The lowest BCUT2D eigenvalue weighted by atomic mass is 10.0. The number of carbonyl (C=O) groups is 1. The van der Waals surface area contributed by atoms with Crippen molar-refractivity contribution in [3.05, 3.63) is 36.5 Å². The van der Waals surface area contributed by atoms with E-state index < -0.39 is 0 Å². The number of rotatable bonds is 6. The van der Waals surface area contributed by atoms with Gasteiger partial charge in [0.2, 0.25) is 0 Å². The van der Waals surface area contributed by atoms with E-state index in [1.165, 1.54) is 11.0 Å². The number of carbonyl (C=O) groups excluding carboxylic acids is 1. The van der Waals surface area contributed by atoms with Gasteiger partial charge in [0.25, 0.3) is 5.91 Å². The van der Waals surface area contributed by atoms with Crippen LogP contribution >= 0.6 is 24.8 Å². The molecule has 0 bridgehead atoms. The van der Waals surface area contributed by atoms with Crippen LogP contribution in [0.3, 0.4) is 0 Å². The highest BCUT2D eigenvalue weighted by Crippen LogP contribution is 2.10. The Morgan fingerprint density at radius 1 is 1.38 bits per heavy atom. The van der Waals surface area contributed by atoms with E-state index in [9.17, 15) is 4.79 Å². The molecule has 2 aromatic heterocycles. The normalized spacial score (nSPS) is 11.4. The summed E-state index contributed by atoms with van der Waals surface area (Å²) in [5.74, 6) is 0.915. The van der Waals surface area contributed by atoms with E-state index >= 15 is 0 Å². The van der Waals surface area contributed by atoms with Crippen molar-refractivity contribution in [3.63, 3.8) is 0 Å². The van der Waals surface area contributed by atoms with E-state index in [0.29, 0.717) is 23.8 Å². The average molecular weight is 375 g/mol. The number of hydrogen-bond donors (Lipinski definition) is 1. The van der Waals surface area contributed by atoms with Gasteiger partial charge < -0.3 is 10.6 Å². The molecular weight excluding hydrogens is 351 g/mol. The molecule has 2 rings (SSSR count). The molecule has 1 atom stereocenters. The monoisotopic (exact) mass is 374 g/mol. The first-order valence-electron chi connectivity index (χ1n) is 7.31. The molecule has 134 valence electrons. The summed E-state index contributed by atoms with van der Waals surface area (Å²) in [7, 11) is 1.78. The molecule has 2 aromatic rings. The summed E-state index contributed by atoms with van der Waals surface area (Å²) < 4.78 is 1.52. The van der Waals surface area contributed by atoms with Gasteiger partial charge in [0.15, 0.2) is 5.82 Å². The van der Waals surface area contributed by atoms with Crippen molar-refractivity contribution in [1.82, 2.24) is 24.6 Å². The van der Waals surface area contributed by atoms with Gasteiger partial charge in [0.1, 0.15) is 12.7 Å². The zero-order valence-corrected chi connectivity index (χ0v) is 15.6. The molecule has 0 saturated carbocycles. The minimum absolute atomic E-state index is 0. The fourth-order valence-corrected chi connectivity index (χ4v) is 2.00. The summed E-state index contributed by atoms with van der Waals surface area (Å²) in [4.78, 5) is 22.2. The van der Waals surface area contributed by atoms with E-state index in [2.05, 4.69) is 28.9 Å². The van der Waals surface area contributed by atoms with Gasteiger partial charge in [0, 0.05) is 31.4 Å². The zero-order valence-electron chi connectivity index (χ0n) is 14.0. The average Bonchev–Trinajstić information content (AvgIpc) is 3.06. The van der Waals surface area contributed by atoms with Crippen molar-refractivity contribution in [2.24, 2.45) is 11.7 Å². The number of halogens is 2. The second kappa shape index (κ2) is 10.2. The first-order chi connectivity index (χ1) is 10.5. The second-order valence-corrected chi connectivity index (χ2v) is 5.67. The smallest absolute Gasteiger partial charge is 0.253 e. The van der Waals surface area contributed by atoms with Crippen LogP contribution in [0.5, 0.6) is 0 Å². The van der Waals surface area contributed by atoms with Crippen molar-refractivity contribution in [3.8, 4) is 5.82 Å². The Bertz CT molecular complexity index is 620. The molecule has 1 unspecified atom stereocenters. The summed E-state index contributed by atoms with van der Waals surface area (Å²) >= 11 is 0. The van der Waals surface area contributed by atoms with Gasteiger partial charge >= 0.3 is 0 Å². The minimum Gasteiger partial charge on any atom is -0.342 e. The van der Waals surface area contributed by atoms with Crippen molar-refractivity contribution < 1.29 is 4.79 Å². The van der Waals surface area contributed by atoms with E-state index in [4.69, 9.17) is 5.73 Å². The number of aromatic nitrogens is 4. The summed E-state index contributed by atoms with van der Waals surface area (Å²) in [5, 5.41) is 4.01. The van der Waals surface area contributed by atoms with Crippen molar-refractivity contribution in [1.29, 1.82) is 0 Å². The number of hydrogen-bond acceptors (Lipinski definition) is 5. The van der Waals surface area contributed by atoms with E-state index in [1.54, 1.807) is 36.6 Å². The van der Waals surface area contributed by atoms with Crippen LogP contribution in [0.4, 0.5) is 0 Å². The molecule has 7 nitrogen and oxygen atoms in total. The van der Waals surface area contributed by atoms with E-state index in [1.807, 2.05) is 0 Å². The number of nitrogens with two attached hydrogens (primary N) is 1. The summed E-state index contributed by atoms with van der Waals surface area (Å²) in [6.07, 6.45) is 5.34. The zero-order chi connectivity index (χ0) is 16.1. The summed E-state index contributed by atoms with van der Waals surface area (Å²) in [5.41, 5.74) is 6.60. The molecule has 2 heterocycles. The molecule has 0 radical (unpaired) electrons. The highest BCUT2D eigenvalue weighted by atomic mass is 35.5. The topological polar surface area (TPSA) is 89.9 Å². The Morgan fingerprint density at radius 2 is 2.08 bits per heavy atom. The van der Waals surface area contributed by atoms with Gasteiger partial charge in [-0.15, -0.1) is 24.8 Å². The number of pyridine rings is 1. The van der Waals surface area contributed by atoms with Crippen LogP contribution < -0.4 is 5.73 Å². The first kappa shape index (κ1) is 22.3. The van der Waals surface area contributed by atoms with Gasteiger partial charge in [-0.05, 0) is 24.5 Å². The molecule has 24 heavy (non-hydrogen) atoms. The minimum atomic E-state index is -0.0558. The molecular formula is C15H24Cl2N6O. The number of nitrogens with zero attached hydrogens (tertiary/aromatic N) is 5. The van der Waals surface area contributed by atoms with Crippen LogP contribution in [0.2, 0.25) is 0 Å². The predicted molar refractivity (Wildman–Crippen MR) is 98.0 cm³/mol. The predicted octanol–water partition coefficient (Wildman–Crippen LogP) is 1.95. The quantitative estimate of drug-likeness (QED) is 0.834. The molecule has 0 aliphatic carbocycles. The van der Waals surface area contributed by atoms with Gasteiger partial charge in [-0.25, -0.2) is 14.6 Å². The van der Waals surface area contributed by atoms with Gasteiger partial charge in [-0.2, -0.15) is 5.10 Å². The highest BCUT2D eigenvalue weighted by molar-refractivity contribution is 5.94.